The maximum atomic E-state index is 9.58. The second kappa shape index (κ2) is 21.9. The van der Waals surface area contributed by atoms with Gasteiger partial charge in [0.05, 0.1) is 0 Å². The van der Waals surface area contributed by atoms with Gasteiger partial charge in [-0.3, -0.25) is 0 Å². The molecule has 0 fully saturated rings. The standard InChI is InChI=1S/C15H24O.C9H19.Ba/c1-2-3-4-5-6-7-8-11-14-12-9-10-13-15(14)16;1-3-5-7-9-8-6-4-2;/h9-10,12-13,16H,2-8,11H2,1H3;1,3-9H2,2H3;/q;;+2. The van der Waals surface area contributed by atoms with Crippen LogP contribution in [0.3, 0.4) is 0 Å². The van der Waals surface area contributed by atoms with E-state index in [0.29, 0.717) is 5.75 Å². The molecule has 0 atom stereocenters. The van der Waals surface area contributed by atoms with Gasteiger partial charge in [-0.05, 0) is 24.5 Å². The zero-order valence-electron chi connectivity index (χ0n) is 17.8. The number of hydrogen-bond donors (Lipinski definition) is 1. The van der Waals surface area contributed by atoms with E-state index in [4.69, 9.17) is 0 Å². The molecule has 0 aliphatic rings. The van der Waals surface area contributed by atoms with Crippen LogP contribution in [0.2, 0.25) is 0.889 Å². The minimum atomic E-state index is 0.452. The van der Waals surface area contributed by atoms with E-state index in [9.17, 15) is 5.11 Å². The van der Waals surface area contributed by atoms with Gasteiger partial charge in [0.2, 0.25) is 0 Å². The van der Waals surface area contributed by atoms with E-state index in [1.54, 1.807) is 6.96 Å². The van der Waals surface area contributed by atoms with Gasteiger partial charge in [-0.2, -0.15) is 0 Å². The van der Waals surface area contributed by atoms with Crippen LogP contribution in [0.25, 0.3) is 0 Å². The van der Waals surface area contributed by atoms with E-state index in [-0.39, 0.29) is 0 Å². The molecule has 1 aromatic carbocycles. The Morgan fingerprint density at radius 2 is 1.12 bits per heavy atom. The van der Waals surface area contributed by atoms with Gasteiger partial charge in [-0.25, -0.2) is 0 Å². The molecule has 0 aliphatic carbocycles. The van der Waals surface area contributed by atoms with Crippen LogP contribution in [0.15, 0.2) is 24.3 Å². The van der Waals surface area contributed by atoms with Crippen LogP contribution in [0.4, 0.5) is 0 Å². The van der Waals surface area contributed by atoms with Crippen LogP contribution in [0, 0.1) is 0 Å². The zero-order chi connectivity index (χ0) is 19.3. The number of rotatable bonds is 15. The molecule has 0 unspecified atom stereocenters. The Labute approximate surface area is 196 Å². The van der Waals surface area contributed by atoms with Gasteiger partial charge in [-0.1, -0.05) is 63.6 Å². The first-order chi connectivity index (χ1) is 12.8. The predicted molar refractivity (Wildman–Crippen MR) is 118 cm³/mol. The Morgan fingerprint density at radius 1 is 0.654 bits per heavy atom. The second-order valence-corrected chi connectivity index (χ2v) is 9.70. The van der Waals surface area contributed by atoms with Crippen LogP contribution in [-0.4, -0.2) is 51.6 Å². The fourth-order valence-electron chi connectivity index (χ4n) is 3.13. The van der Waals surface area contributed by atoms with Gasteiger partial charge in [0.25, 0.3) is 0 Å². The molecule has 0 aromatic heterocycles. The van der Waals surface area contributed by atoms with Crippen molar-refractivity contribution in [2.45, 2.75) is 111 Å². The monoisotopic (exact) mass is 485 g/mol. The van der Waals surface area contributed by atoms with Crippen molar-refractivity contribution >= 4 is 46.5 Å². The molecule has 0 amide bonds. The number of hydrogen-bond acceptors (Lipinski definition) is 1. The van der Waals surface area contributed by atoms with E-state index in [1.807, 2.05) is 18.2 Å². The summed E-state index contributed by atoms with van der Waals surface area (Å²) < 4.78 is 1.56. The average Bonchev–Trinajstić information content (AvgIpc) is 2.66. The molecule has 1 N–H and O–H groups in total. The second-order valence-electron chi connectivity index (χ2n) is 7.47. The summed E-state index contributed by atoms with van der Waals surface area (Å²) >= 11 is 1.06. The fraction of sp³-hybridized carbons (Fsp3) is 0.750. The third-order valence-corrected chi connectivity index (χ3v) is 6.46. The van der Waals surface area contributed by atoms with Crippen LogP contribution < -0.4 is 0 Å². The molecular formula is C24H43BaO+2. The van der Waals surface area contributed by atoms with Gasteiger partial charge in [0.15, 0.2) is 0 Å². The van der Waals surface area contributed by atoms with Crippen molar-refractivity contribution in [3.8, 4) is 5.75 Å². The Hall–Kier alpha value is 0.591. The van der Waals surface area contributed by atoms with E-state index >= 15 is 0 Å². The number of phenolic OH excluding ortho intramolecular Hbond substituents is 1. The van der Waals surface area contributed by atoms with Gasteiger partial charge < -0.3 is 5.11 Å². The molecule has 0 bridgehead atoms. The summed E-state index contributed by atoms with van der Waals surface area (Å²) in [7, 11) is 0. The predicted octanol–water partition coefficient (Wildman–Crippen LogP) is 8.01. The van der Waals surface area contributed by atoms with Crippen LogP contribution in [-0.2, 0) is 6.42 Å². The average molecular weight is 485 g/mol. The Morgan fingerprint density at radius 3 is 1.62 bits per heavy atom. The number of para-hydroxylation sites is 1. The number of unbranched alkanes of at least 4 members (excludes halogenated alkanes) is 12. The van der Waals surface area contributed by atoms with E-state index in [2.05, 4.69) is 13.8 Å². The molecule has 26 heavy (non-hydrogen) atoms. The normalized spacial score (nSPS) is 10.4. The van der Waals surface area contributed by atoms with E-state index < -0.39 is 0 Å². The van der Waals surface area contributed by atoms with E-state index in [0.717, 1.165) is 58.5 Å². The van der Waals surface area contributed by atoms with Gasteiger partial charge in [0.1, 0.15) is 5.75 Å². The molecule has 1 nitrogen and oxygen atoms in total. The first kappa shape index (κ1) is 26.6. The molecule has 0 aliphatic heterocycles. The first-order valence-electron chi connectivity index (χ1n) is 11.3. The van der Waals surface area contributed by atoms with Crippen molar-refractivity contribution in [2.75, 3.05) is 0 Å². The number of phenols is 1. The molecule has 0 heterocycles. The summed E-state index contributed by atoms with van der Waals surface area (Å²) in [4.78, 5) is 0. The molecule has 1 aromatic rings. The number of aryl methyl sites for hydroxylation is 1. The zero-order valence-corrected chi connectivity index (χ0v) is 22.2. The number of benzene rings is 1. The molecule has 145 valence electrons. The van der Waals surface area contributed by atoms with Gasteiger partial charge in [0, 0.05) is 0 Å². The summed E-state index contributed by atoms with van der Waals surface area (Å²) in [5.74, 6) is 0.452. The molecule has 1 rings (SSSR count). The van der Waals surface area contributed by atoms with Crippen molar-refractivity contribution in [3.05, 3.63) is 29.8 Å². The third kappa shape index (κ3) is 18.0. The molecule has 7 radical (unpaired) electrons. The third-order valence-electron chi connectivity index (χ3n) is 4.89. The fourth-order valence-corrected chi connectivity index (χ4v) is 4.24. The Bertz CT molecular complexity index is 384. The summed E-state index contributed by atoms with van der Waals surface area (Å²) in [6.45, 7) is 4.53. The van der Waals surface area contributed by atoms with Crippen LogP contribution in [0.1, 0.15) is 109 Å². The van der Waals surface area contributed by atoms with Crippen molar-refractivity contribution in [3.63, 3.8) is 0 Å². The van der Waals surface area contributed by atoms with Crippen molar-refractivity contribution in [1.82, 2.24) is 0 Å². The summed E-state index contributed by atoms with van der Waals surface area (Å²) in [6.07, 6.45) is 20.6. The molecule has 0 saturated carbocycles. The van der Waals surface area contributed by atoms with Crippen LogP contribution >= 0.6 is 0 Å². The molecular weight excluding hydrogens is 442 g/mol. The topological polar surface area (TPSA) is 20.2 Å². The molecule has 0 saturated heterocycles. The van der Waals surface area contributed by atoms with Crippen molar-refractivity contribution in [1.29, 1.82) is 0 Å². The summed E-state index contributed by atoms with van der Waals surface area (Å²) in [5, 5.41) is 9.58. The quantitative estimate of drug-likeness (QED) is 0.197. The Balaban J connectivity index is 0.000000541. The number of aromatic hydroxyl groups is 1. The first-order valence-corrected chi connectivity index (χ1v) is 14.5. The summed E-state index contributed by atoms with van der Waals surface area (Å²) in [5.41, 5.74) is 1.09. The van der Waals surface area contributed by atoms with Crippen molar-refractivity contribution < 1.29 is 5.11 Å². The molecule has 2 heteroatoms. The maximum absolute atomic E-state index is 9.58. The Kier molecular flexibility index (Phi) is 22.4. The molecule has 0 spiro atoms. The van der Waals surface area contributed by atoms with Crippen LogP contribution in [0.5, 0.6) is 5.75 Å². The van der Waals surface area contributed by atoms with Gasteiger partial charge in [-0.15, -0.1) is 0 Å². The van der Waals surface area contributed by atoms with Gasteiger partial charge >= 0.3 is 99.3 Å². The van der Waals surface area contributed by atoms with Crippen molar-refractivity contribution in [2.24, 2.45) is 0 Å². The van der Waals surface area contributed by atoms with E-state index in [1.165, 1.54) is 89.9 Å². The summed E-state index contributed by atoms with van der Waals surface area (Å²) in [6, 6.07) is 7.67. The minimum absolute atomic E-state index is 0.452. The SMILES string of the molecule is CCCCCCCCCc1ccccc1O.CCCCCCCC[CH2][Ba+2].